The first kappa shape index (κ1) is 15.6. The number of nitrogens with zero attached hydrogens (tertiary/aromatic N) is 2. The molecule has 4 N–H and O–H groups in total. The van der Waals surface area contributed by atoms with Gasteiger partial charge in [0.2, 0.25) is 0 Å². The van der Waals surface area contributed by atoms with Crippen LogP contribution in [0.3, 0.4) is 0 Å². The number of amidine groups is 1. The largest absolute Gasteiger partial charge is 0.512 e. The van der Waals surface area contributed by atoms with Crippen molar-refractivity contribution in [3.8, 4) is 0 Å². The van der Waals surface area contributed by atoms with Crippen molar-refractivity contribution in [1.82, 2.24) is 0 Å². The van der Waals surface area contributed by atoms with Gasteiger partial charge in [0.15, 0.2) is 11.6 Å². The second-order valence-electron chi connectivity index (χ2n) is 3.45. The van der Waals surface area contributed by atoms with Gasteiger partial charge in [-0.15, -0.1) is 0 Å². The van der Waals surface area contributed by atoms with Gasteiger partial charge in [-0.2, -0.15) is 5.10 Å². The summed E-state index contributed by atoms with van der Waals surface area (Å²) in [6, 6.07) is 3.96. The van der Waals surface area contributed by atoms with Crippen LogP contribution in [0, 0.1) is 10.1 Å². The number of nitro groups is 1. The van der Waals surface area contributed by atoms with Gasteiger partial charge in [0.1, 0.15) is 11.9 Å². The third kappa shape index (κ3) is 4.02. The Balaban J connectivity index is 2.99. The number of anilines is 1. The summed E-state index contributed by atoms with van der Waals surface area (Å²) < 4.78 is 5.00. The minimum absolute atomic E-state index is 0.0512. The van der Waals surface area contributed by atoms with E-state index in [0.29, 0.717) is 11.3 Å². The third-order valence-electron chi connectivity index (χ3n) is 2.12. The van der Waals surface area contributed by atoms with Gasteiger partial charge in [-0.3, -0.25) is 15.5 Å². The molecule has 1 aromatic rings. The maximum atomic E-state index is 10.8. The molecular formula is C11H13ClN4O4. The molecule has 0 saturated heterocycles. The van der Waals surface area contributed by atoms with Crippen LogP contribution in [0.4, 0.5) is 11.4 Å². The molecule has 0 aromatic heterocycles. The molecule has 20 heavy (non-hydrogen) atoms. The number of hydrazone groups is 1. The smallest absolute Gasteiger partial charge is 0.294 e. The van der Waals surface area contributed by atoms with Crippen LogP contribution in [-0.2, 0) is 4.74 Å². The fourth-order valence-electron chi connectivity index (χ4n) is 1.27. The Labute approximate surface area is 119 Å². The number of aliphatic hydroxyl groups excluding tert-OH is 1. The SMILES string of the molecule is CCOC(=CO)/C(N)=N/Nc1cc(Cl)ccc1[N+](=O)[O-]. The van der Waals surface area contributed by atoms with Gasteiger partial charge in [-0.1, -0.05) is 11.6 Å². The fraction of sp³-hybridized carbons (Fsp3) is 0.182. The minimum Gasteiger partial charge on any atom is -0.512 e. The number of aliphatic hydroxyl groups is 1. The van der Waals surface area contributed by atoms with Crippen LogP contribution < -0.4 is 11.2 Å². The van der Waals surface area contributed by atoms with Gasteiger partial charge in [-0.25, -0.2) is 0 Å². The van der Waals surface area contributed by atoms with E-state index in [1.807, 2.05) is 0 Å². The molecule has 1 rings (SSSR count). The molecule has 8 nitrogen and oxygen atoms in total. The molecule has 9 heteroatoms. The molecule has 1 aromatic carbocycles. The van der Waals surface area contributed by atoms with Crippen LogP contribution in [0.1, 0.15) is 6.92 Å². The lowest BCUT2D eigenvalue weighted by atomic mass is 10.3. The van der Waals surface area contributed by atoms with E-state index in [2.05, 4.69) is 10.5 Å². The molecule has 0 aliphatic rings. The van der Waals surface area contributed by atoms with E-state index in [-0.39, 0.29) is 29.6 Å². The highest BCUT2D eigenvalue weighted by Gasteiger charge is 2.14. The van der Waals surface area contributed by atoms with Crippen LogP contribution in [0.15, 0.2) is 35.3 Å². The van der Waals surface area contributed by atoms with Crippen molar-refractivity contribution in [2.24, 2.45) is 10.8 Å². The molecule has 0 unspecified atom stereocenters. The normalized spacial score (nSPS) is 12.1. The Kier molecular flexibility index (Phi) is 5.60. The number of nitro benzene ring substituents is 1. The molecule has 108 valence electrons. The van der Waals surface area contributed by atoms with E-state index in [0.717, 1.165) is 0 Å². The van der Waals surface area contributed by atoms with Crippen LogP contribution in [0.2, 0.25) is 5.02 Å². The van der Waals surface area contributed by atoms with Crippen molar-refractivity contribution in [2.45, 2.75) is 6.92 Å². The first-order valence-electron chi connectivity index (χ1n) is 5.50. The summed E-state index contributed by atoms with van der Waals surface area (Å²) in [4.78, 5) is 10.2. The van der Waals surface area contributed by atoms with E-state index in [4.69, 9.17) is 27.2 Å². The lowest BCUT2D eigenvalue weighted by molar-refractivity contribution is -0.384. The van der Waals surface area contributed by atoms with Crippen LogP contribution in [0.25, 0.3) is 0 Å². The van der Waals surface area contributed by atoms with Crippen molar-refractivity contribution >= 4 is 28.8 Å². The van der Waals surface area contributed by atoms with Gasteiger partial charge in [0.05, 0.1) is 11.5 Å². The zero-order valence-electron chi connectivity index (χ0n) is 10.5. The monoisotopic (exact) mass is 300 g/mol. The zero-order valence-corrected chi connectivity index (χ0v) is 11.3. The summed E-state index contributed by atoms with van der Waals surface area (Å²) >= 11 is 5.76. The van der Waals surface area contributed by atoms with Gasteiger partial charge in [0, 0.05) is 11.1 Å². The highest BCUT2D eigenvalue weighted by Crippen LogP contribution is 2.27. The number of rotatable bonds is 6. The molecule has 0 bridgehead atoms. The van der Waals surface area contributed by atoms with E-state index in [1.54, 1.807) is 6.92 Å². The number of halogens is 1. The molecule has 0 spiro atoms. The molecule has 0 fully saturated rings. The maximum Gasteiger partial charge on any atom is 0.294 e. The van der Waals surface area contributed by atoms with Gasteiger partial charge < -0.3 is 15.6 Å². The summed E-state index contributed by atoms with van der Waals surface area (Å²) in [5.41, 5.74) is 7.83. The number of hydrogen-bond acceptors (Lipinski definition) is 6. The molecular weight excluding hydrogens is 288 g/mol. The summed E-state index contributed by atoms with van der Waals surface area (Å²) in [6.45, 7) is 1.98. The van der Waals surface area contributed by atoms with Crippen molar-refractivity contribution in [2.75, 3.05) is 12.0 Å². The first-order chi connectivity index (χ1) is 9.49. The fourth-order valence-corrected chi connectivity index (χ4v) is 1.44. The van der Waals surface area contributed by atoms with E-state index < -0.39 is 4.92 Å². The molecule has 0 heterocycles. The number of benzene rings is 1. The minimum atomic E-state index is -0.588. The lowest BCUT2D eigenvalue weighted by Crippen LogP contribution is -2.19. The third-order valence-corrected chi connectivity index (χ3v) is 2.36. The topological polar surface area (TPSA) is 123 Å². The molecule has 0 radical (unpaired) electrons. The molecule has 0 atom stereocenters. The second kappa shape index (κ2) is 7.19. The zero-order chi connectivity index (χ0) is 15.1. The molecule has 0 amide bonds. The Morgan fingerprint density at radius 2 is 2.40 bits per heavy atom. The van der Waals surface area contributed by atoms with Gasteiger partial charge in [-0.05, 0) is 19.1 Å². The van der Waals surface area contributed by atoms with E-state index in [9.17, 15) is 10.1 Å². The summed E-state index contributed by atoms with van der Waals surface area (Å²) in [6.07, 6.45) is 0.649. The van der Waals surface area contributed by atoms with Gasteiger partial charge in [0.25, 0.3) is 5.69 Å². The summed E-state index contributed by atoms with van der Waals surface area (Å²) in [5, 5.41) is 23.7. The van der Waals surface area contributed by atoms with Crippen LogP contribution in [0.5, 0.6) is 0 Å². The average Bonchev–Trinajstić information content (AvgIpc) is 2.41. The Morgan fingerprint density at radius 3 is 2.95 bits per heavy atom. The van der Waals surface area contributed by atoms with Crippen LogP contribution >= 0.6 is 11.6 Å². The van der Waals surface area contributed by atoms with E-state index in [1.165, 1.54) is 18.2 Å². The van der Waals surface area contributed by atoms with E-state index >= 15 is 0 Å². The maximum absolute atomic E-state index is 10.8. The summed E-state index contributed by atoms with van der Waals surface area (Å²) in [7, 11) is 0. The standard InChI is InChI=1S/C11H13ClN4O4/c1-2-20-10(6-17)11(13)15-14-8-5-7(12)3-4-9(8)16(18)19/h3-6,14,17H,2H2,1H3,(H2,13,15). The van der Waals surface area contributed by atoms with Gasteiger partial charge >= 0.3 is 0 Å². The van der Waals surface area contributed by atoms with Crippen molar-refractivity contribution in [1.29, 1.82) is 0 Å². The van der Waals surface area contributed by atoms with Crippen molar-refractivity contribution in [3.05, 3.63) is 45.4 Å². The number of nitrogens with one attached hydrogen (secondary N) is 1. The van der Waals surface area contributed by atoms with Crippen LogP contribution in [-0.4, -0.2) is 22.5 Å². The highest BCUT2D eigenvalue weighted by atomic mass is 35.5. The highest BCUT2D eigenvalue weighted by molar-refractivity contribution is 6.31. The number of nitrogens with two attached hydrogens (primary N) is 1. The number of hydrogen-bond donors (Lipinski definition) is 3. The molecule has 0 aliphatic carbocycles. The first-order valence-corrected chi connectivity index (χ1v) is 5.88. The molecule has 0 aliphatic heterocycles. The lowest BCUT2D eigenvalue weighted by Gasteiger charge is -2.07. The Morgan fingerprint density at radius 1 is 1.70 bits per heavy atom. The predicted molar refractivity (Wildman–Crippen MR) is 75.7 cm³/mol. The Hall–Kier alpha value is -2.48. The average molecular weight is 301 g/mol. The number of ether oxygens (including phenoxy) is 1. The van der Waals surface area contributed by atoms with Crippen molar-refractivity contribution in [3.63, 3.8) is 0 Å². The predicted octanol–water partition coefficient (Wildman–Crippen LogP) is 2.37. The summed E-state index contributed by atoms with van der Waals surface area (Å²) in [5.74, 6) is -0.215. The van der Waals surface area contributed by atoms with Crippen molar-refractivity contribution < 1.29 is 14.8 Å². The molecule has 0 saturated carbocycles. The second-order valence-corrected chi connectivity index (χ2v) is 3.89. The quantitative estimate of drug-likeness (QED) is 0.244. The Bertz CT molecular complexity index is 559.